The predicted molar refractivity (Wildman–Crippen MR) is 59.1 cm³/mol. The number of rotatable bonds is 7. The van der Waals surface area contributed by atoms with Gasteiger partial charge < -0.3 is 9.47 Å². The molecule has 0 saturated carbocycles. The van der Waals surface area contributed by atoms with Gasteiger partial charge in [0.05, 0.1) is 26.0 Å². The van der Waals surface area contributed by atoms with E-state index in [1.165, 1.54) is 7.11 Å². The molecule has 0 atom stereocenters. The molecule has 0 N–H and O–H groups in total. The SMILES string of the molecule is COc1cccc(C=O)c1OCCCCF. The van der Waals surface area contributed by atoms with Crippen LogP contribution in [0.5, 0.6) is 11.5 Å². The molecule has 0 unspecified atom stereocenters. The highest BCUT2D eigenvalue weighted by atomic mass is 19.1. The van der Waals surface area contributed by atoms with Crippen molar-refractivity contribution in [1.29, 1.82) is 0 Å². The van der Waals surface area contributed by atoms with Crippen molar-refractivity contribution in [3.63, 3.8) is 0 Å². The summed E-state index contributed by atoms with van der Waals surface area (Å²) in [5.74, 6) is 0.948. The molecule has 0 saturated heterocycles. The molecular formula is C12H15FO3. The van der Waals surface area contributed by atoms with Gasteiger partial charge in [-0.15, -0.1) is 0 Å². The molecule has 3 nitrogen and oxygen atoms in total. The van der Waals surface area contributed by atoms with Crippen LogP contribution in [-0.2, 0) is 0 Å². The van der Waals surface area contributed by atoms with Crippen molar-refractivity contribution < 1.29 is 18.7 Å². The summed E-state index contributed by atoms with van der Waals surface area (Å²) < 4.78 is 22.4. The first-order valence-electron chi connectivity index (χ1n) is 5.14. The van der Waals surface area contributed by atoms with Gasteiger partial charge in [0, 0.05) is 0 Å². The molecule has 1 aromatic rings. The van der Waals surface area contributed by atoms with Gasteiger partial charge in [0.2, 0.25) is 0 Å². The number of benzene rings is 1. The number of ether oxygens (including phenoxy) is 2. The second kappa shape index (κ2) is 6.82. The van der Waals surface area contributed by atoms with Crippen molar-refractivity contribution in [2.24, 2.45) is 0 Å². The first kappa shape index (κ1) is 12.5. The lowest BCUT2D eigenvalue weighted by Crippen LogP contribution is -2.02. The Morgan fingerprint density at radius 2 is 2.19 bits per heavy atom. The van der Waals surface area contributed by atoms with Gasteiger partial charge in [-0.25, -0.2) is 0 Å². The average Bonchev–Trinajstić information content (AvgIpc) is 2.34. The fourth-order valence-electron chi connectivity index (χ4n) is 1.31. The maximum atomic E-state index is 11.9. The van der Waals surface area contributed by atoms with Gasteiger partial charge in [-0.3, -0.25) is 9.18 Å². The largest absolute Gasteiger partial charge is 0.493 e. The lowest BCUT2D eigenvalue weighted by Gasteiger charge is -2.11. The normalized spacial score (nSPS) is 9.88. The summed E-state index contributed by atoms with van der Waals surface area (Å²) in [5, 5.41) is 0. The number of methoxy groups -OCH3 is 1. The smallest absolute Gasteiger partial charge is 0.171 e. The third-order valence-electron chi connectivity index (χ3n) is 2.13. The Morgan fingerprint density at radius 3 is 2.81 bits per heavy atom. The maximum Gasteiger partial charge on any atom is 0.171 e. The number of hydrogen-bond donors (Lipinski definition) is 0. The zero-order valence-electron chi connectivity index (χ0n) is 9.24. The third-order valence-corrected chi connectivity index (χ3v) is 2.13. The minimum atomic E-state index is -0.351. The monoisotopic (exact) mass is 226 g/mol. The number of carbonyl (C=O) groups is 1. The van der Waals surface area contributed by atoms with E-state index in [4.69, 9.17) is 9.47 Å². The summed E-state index contributed by atoms with van der Waals surface area (Å²) in [5.41, 5.74) is 0.444. The van der Waals surface area contributed by atoms with Crippen molar-refractivity contribution in [3.8, 4) is 11.5 Å². The Bertz CT molecular complexity index is 339. The number of unbranched alkanes of at least 4 members (excludes halogenated alkanes) is 1. The van der Waals surface area contributed by atoms with Gasteiger partial charge in [0.1, 0.15) is 0 Å². The molecule has 0 spiro atoms. The summed E-state index contributed by atoms with van der Waals surface area (Å²) in [6, 6.07) is 5.09. The fourth-order valence-corrected chi connectivity index (χ4v) is 1.31. The zero-order valence-corrected chi connectivity index (χ0v) is 9.24. The lowest BCUT2D eigenvalue weighted by molar-refractivity contribution is 0.111. The van der Waals surface area contributed by atoms with Crippen LogP contribution < -0.4 is 9.47 Å². The highest BCUT2D eigenvalue weighted by Gasteiger charge is 2.09. The molecule has 0 amide bonds. The van der Waals surface area contributed by atoms with Crippen LogP contribution >= 0.6 is 0 Å². The first-order valence-corrected chi connectivity index (χ1v) is 5.14. The molecule has 16 heavy (non-hydrogen) atoms. The van der Waals surface area contributed by atoms with Crippen molar-refractivity contribution >= 4 is 6.29 Å². The minimum Gasteiger partial charge on any atom is -0.493 e. The number of hydrogen-bond acceptors (Lipinski definition) is 3. The first-order chi connectivity index (χ1) is 7.83. The second-order valence-corrected chi connectivity index (χ2v) is 3.24. The number of para-hydroxylation sites is 1. The second-order valence-electron chi connectivity index (χ2n) is 3.24. The molecule has 0 aliphatic rings. The summed E-state index contributed by atoms with van der Waals surface area (Å²) >= 11 is 0. The van der Waals surface area contributed by atoms with Gasteiger partial charge in [-0.1, -0.05) is 6.07 Å². The van der Waals surface area contributed by atoms with Crippen LogP contribution in [0.25, 0.3) is 0 Å². The number of halogens is 1. The van der Waals surface area contributed by atoms with Crippen molar-refractivity contribution in [1.82, 2.24) is 0 Å². The Balaban J connectivity index is 2.71. The fraction of sp³-hybridized carbons (Fsp3) is 0.417. The average molecular weight is 226 g/mol. The number of alkyl halides is 1. The van der Waals surface area contributed by atoms with Gasteiger partial charge in [0.25, 0.3) is 0 Å². The quantitative estimate of drug-likeness (QED) is 0.529. The molecule has 0 aliphatic heterocycles. The number of carbonyl (C=O) groups excluding carboxylic acids is 1. The van der Waals surface area contributed by atoms with E-state index in [2.05, 4.69) is 0 Å². The molecule has 0 radical (unpaired) electrons. The van der Waals surface area contributed by atoms with Crippen molar-refractivity contribution in [2.75, 3.05) is 20.4 Å². The minimum absolute atomic E-state index is 0.351. The Hall–Kier alpha value is -1.58. The zero-order chi connectivity index (χ0) is 11.8. The van der Waals surface area contributed by atoms with Gasteiger partial charge in [0.15, 0.2) is 17.8 Å². The van der Waals surface area contributed by atoms with Crippen LogP contribution in [0, 0.1) is 0 Å². The van der Waals surface area contributed by atoms with E-state index in [0.717, 1.165) is 0 Å². The summed E-state index contributed by atoms with van der Waals surface area (Å²) in [7, 11) is 1.51. The van der Waals surface area contributed by atoms with E-state index >= 15 is 0 Å². The molecule has 0 heterocycles. The van der Waals surface area contributed by atoms with Crippen LogP contribution in [-0.4, -0.2) is 26.7 Å². The van der Waals surface area contributed by atoms with E-state index in [9.17, 15) is 9.18 Å². The molecule has 0 aromatic heterocycles. The maximum absolute atomic E-state index is 11.9. The highest BCUT2D eigenvalue weighted by Crippen LogP contribution is 2.30. The highest BCUT2D eigenvalue weighted by molar-refractivity contribution is 5.81. The number of aldehydes is 1. The van der Waals surface area contributed by atoms with Gasteiger partial charge in [-0.05, 0) is 25.0 Å². The van der Waals surface area contributed by atoms with Gasteiger partial charge in [-0.2, -0.15) is 0 Å². The lowest BCUT2D eigenvalue weighted by atomic mass is 10.2. The van der Waals surface area contributed by atoms with E-state index in [1.54, 1.807) is 18.2 Å². The van der Waals surface area contributed by atoms with Crippen LogP contribution in [0.1, 0.15) is 23.2 Å². The van der Waals surface area contributed by atoms with E-state index < -0.39 is 0 Å². The topological polar surface area (TPSA) is 35.5 Å². The Morgan fingerprint density at radius 1 is 1.38 bits per heavy atom. The third kappa shape index (κ3) is 3.22. The predicted octanol–water partition coefficient (Wildman–Crippen LogP) is 2.64. The molecule has 0 fully saturated rings. The van der Waals surface area contributed by atoms with E-state index in [0.29, 0.717) is 42.8 Å². The van der Waals surface area contributed by atoms with E-state index in [-0.39, 0.29) is 6.67 Å². The summed E-state index contributed by atoms with van der Waals surface area (Å²) in [6.45, 7) is 0.0287. The van der Waals surface area contributed by atoms with Crippen LogP contribution in [0.3, 0.4) is 0 Å². The molecule has 88 valence electrons. The van der Waals surface area contributed by atoms with Crippen molar-refractivity contribution in [2.45, 2.75) is 12.8 Å². The Labute approximate surface area is 94.2 Å². The van der Waals surface area contributed by atoms with Crippen molar-refractivity contribution in [3.05, 3.63) is 23.8 Å². The van der Waals surface area contributed by atoms with Gasteiger partial charge >= 0.3 is 0 Å². The molecule has 4 heteroatoms. The van der Waals surface area contributed by atoms with Crippen LogP contribution in [0.2, 0.25) is 0 Å². The standard InChI is InChI=1S/C12H15FO3/c1-15-11-6-4-5-10(9-14)12(11)16-8-3-2-7-13/h4-6,9H,2-3,7-8H2,1H3. The molecule has 1 aromatic carbocycles. The van der Waals surface area contributed by atoms with Crippen LogP contribution in [0.15, 0.2) is 18.2 Å². The molecular weight excluding hydrogens is 211 g/mol. The van der Waals surface area contributed by atoms with E-state index in [1.807, 2.05) is 0 Å². The Kier molecular flexibility index (Phi) is 5.32. The van der Waals surface area contributed by atoms with Crippen LogP contribution in [0.4, 0.5) is 4.39 Å². The molecule has 0 bridgehead atoms. The molecule has 0 aliphatic carbocycles. The summed E-state index contributed by atoms with van der Waals surface area (Å²) in [6.07, 6.45) is 1.80. The summed E-state index contributed by atoms with van der Waals surface area (Å²) in [4.78, 5) is 10.8. The molecule has 1 rings (SSSR count).